The van der Waals surface area contributed by atoms with E-state index < -0.39 is 16.0 Å². The van der Waals surface area contributed by atoms with Crippen LogP contribution in [-0.4, -0.2) is 36.9 Å². The summed E-state index contributed by atoms with van der Waals surface area (Å²) >= 11 is 6.24. The Bertz CT molecular complexity index is 1220. The van der Waals surface area contributed by atoms with Gasteiger partial charge >= 0.3 is 5.97 Å². The van der Waals surface area contributed by atoms with Gasteiger partial charge in [-0.15, -0.1) is 0 Å². The molecule has 0 unspecified atom stereocenters. The fraction of sp³-hybridized carbons (Fsp3) is 0.333. The second kappa shape index (κ2) is 10.1. The number of carbonyl (C=O) groups is 1. The molecule has 33 heavy (non-hydrogen) atoms. The molecule has 174 valence electrons. The molecule has 3 aromatic rings. The van der Waals surface area contributed by atoms with Crippen molar-refractivity contribution >= 4 is 27.6 Å². The minimum absolute atomic E-state index is 0.0736. The Morgan fingerprint density at radius 3 is 2.55 bits per heavy atom. The number of rotatable bonds is 7. The van der Waals surface area contributed by atoms with Gasteiger partial charge in [0.1, 0.15) is 23.0 Å². The maximum Gasteiger partial charge on any atom is 0.338 e. The lowest BCUT2D eigenvalue weighted by Crippen LogP contribution is -2.39. The lowest BCUT2D eigenvalue weighted by molar-refractivity contribution is 0.0464. The number of carbonyl (C=O) groups excluding carboxylic acids is 1. The predicted octanol–water partition coefficient (Wildman–Crippen LogP) is 4.64. The normalized spacial score (nSPS) is 15.5. The van der Waals surface area contributed by atoms with Crippen molar-refractivity contribution in [3.63, 3.8) is 0 Å². The van der Waals surface area contributed by atoms with Crippen molar-refractivity contribution in [3.05, 3.63) is 82.2 Å². The standard InChI is InChI=1S/C24H25ClN2O5S/c1-17-13-21(26-32-17)16-31-24(28)20-7-8-22(25)23(15-20)33(29,30)27-11-9-19(10-12-27)14-18-5-3-2-4-6-18/h2-8,13,15,19H,9-12,14,16H2,1H3. The fourth-order valence-corrected chi connectivity index (χ4v) is 5.95. The molecule has 0 N–H and O–H groups in total. The second-order valence-corrected chi connectivity index (χ2v) is 10.5. The number of ether oxygens (including phenoxy) is 1. The minimum Gasteiger partial charge on any atom is -0.455 e. The van der Waals surface area contributed by atoms with E-state index in [-0.39, 0.29) is 22.1 Å². The zero-order valence-electron chi connectivity index (χ0n) is 18.2. The number of benzene rings is 2. The van der Waals surface area contributed by atoms with Crippen LogP contribution in [0.3, 0.4) is 0 Å². The van der Waals surface area contributed by atoms with E-state index in [9.17, 15) is 13.2 Å². The highest BCUT2D eigenvalue weighted by Gasteiger charge is 2.31. The Balaban J connectivity index is 1.42. The Labute approximate surface area is 198 Å². The maximum absolute atomic E-state index is 13.3. The van der Waals surface area contributed by atoms with Crippen molar-refractivity contribution in [2.45, 2.75) is 37.7 Å². The first-order chi connectivity index (χ1) is 15.8. The summed E-state index contributed by atoms with van der Waals surface area (Å²) < 4.78 is 38.2. The van der Waals surface area contributed by atoms with E-state index >= 15 is 0 Å². The molecule has 1 saturated heterocycles. The van der Waals surface area contributed by atoms with Gasteiger partial charge in [0.2, 0.25) is 10.0 Å². The number of piperidine rings is 1. The van der Waals surface area contributed by atoms with Crippen LogP contribution in [0.5, 0.6) is 0 Å². The first kappa shape index (κ1) is 23.5. The summed E-state index contributed by atoms with van der Waals surface area (Å²) in [6.45, 7) is 2.49. The number of hydrogen-bond acceptors (Lipinski definition) is 6. The zero-order chi connectivity index (χ0) is 23.4. The van der Waals surface area contributed by atoms with E-state index in [1.165, 1.54) is 28.1 Å². The maximum atomic E-state index is 13.3. The van der Waals surface area contributed by atoms with Crippen LogP contribution >= 0.6 is 11.6 Å². The summed E-state index contributed by atoms with van der Waals surface area (Å²) in [4.78, 5) is 12.4. The average Bonchev–Trinajstić information content (AvgIpc) is 3.24. The van der Waals surface area contributed by atoms with Gasteiger partial charge in [-0.25, -0.2) is 13.2 Å². The van der Waals surface area contributed by atoms with Gasteiger partial charge in [0.15, 0.2) is 0 Å². The molecule has 2 aromatic carbocycles. The minimum atomic E-state index is -3.84. The van der Waals surface area contributed by atoms with E-state index in [2.05, 4.69) is 17.3 Å². The SMILES string of the molecule is Cc1cc(COC(=O)c2ccc(Cl)c(S(=O)(=O)N3CCC(Cc4ccccc4)CC3)c2)no1. The van der Waals surface area contributed by atoms with E-state index in [0.717, 1.165) is 19.3 Å². The highest BCUT2D eigenvalue weighted by molar-refractivity contribution is 7.89. The molecule has 0 radical (unpaired) electrons. The van der Waals surface area contributed by atoms with Crippen LogP contribution in [-0.2, 0) is 27.8 Å². The molecule has 0 spiro atoms. The average molecular weight is 489 g/mol. The Hall–Kier alpha value is -2.68. The number of aromatic nitrogens is 1. The van der Waals surface area contributed by atoms with E-state index in [4.69, 9.17) is 20.9 Å². The van der Waals surface area contributed by atoms with Gasteiger partial charge in [-0.05, 0) is 55.9 Å². The molecule has 1 aliphatic heterocycles. The van der Waals surface area contributed by atoms with Crippen molar-refractivity contribution in [2.24, 2.45) is 5.92 Å². The van der Waals surface area contributed by atoms with E-state index in [1.54, 1.807) is 13.0 Å². The summed E-state index contributed by atoms with van der Waals surface area (Å²) in [5.74, 6) is 0.370. The molecule has 0 bridgehead atoms. The monoisotopic (exact) mass is 488 g/mol. The summed E-state index contributed by atoms with van der Waals surface area (Å²) in [7, 11) is -3.84. The van der Waals surface area contributed by atoms with Crippen molar-refractivity contribution < 1.29 is 22.5 Å². The molecule has 7 nitrogen and oxygen atoms in total. The number of aryl methyl sites for hydroxylation is 1. The molecule has 0 atom stereocenters. The molecule has 9 heteroatoms. The van der Waals surface area contributed by atoms with Crippen molar-refractivity contribution in [3.8, 4) is 0 Å². The molecule has 0 saturated carbocycles. The molecule has 1 aliphatic rings. The van der Waals surface area contributed by atoms with Crippen LogP contribution in [0.1, 0.15) is 40.2 Å². The van der Waals surface area contributed by atoms with Crippen LogP contribution < -0.4 is 0 Å². The number of esters is 1. The predicted molar refractivity (Wildman–Crippen MR) is 123 cm³/mol. The van der Waals surface area contributed by atoms with Crippen molar-refractivity contribution in [1.29, 1.82) is 0 Å². The molecule has 4 rings (SSSR count). The first-order valence-electron chi connectivity index (χ1n) is 10.8. The lowest BCUT2D eigenvalue weighted by atomic mass is 9.91. The summed E-state index contributed by atoms with van der Waals surface area (Å²) in [5.41, 5.74) is 1.84. The van der Waals surface area contributed by atoms with E-state index in [1.807, 2.05) is 18.2 Å². The van der Waals surface area contributed by atoms with Gasteiger partial charge < -0.3 is 9.26 Å². The highest BCUT2D eigenvalue weighted by Crippen LogP contribution is 2.30. The van der Waals surface area contributed by atoms with Crippen LogP contribution in [0.25, 0.3) is 0 Å². The van der Waals surface area contributed by atoms with Crippen LogP contribution in [0.2, 0.25) is 5.02 Å². The van der Waals surface area contributed by atoms with Gasteiger partial charge in [0.25, 0.3) is 0 Å². The van der Waals surface area contributed by atoms with Crippen LogP contribution in [0.4, 0.5) is 0 Å². The van der Waals surface area contributed by atoms with Crippen molar-refractivity contribution in [1.82, 2.24) is 9.46 Å². The number of hydrogen-bond donors (Lipinski definition) is 0. The zero-order valence-corrected chi connectivity index (χ0v) is 19.8. The Morgan fingerprint density at radius 2 is 1.88 bits per heavy atom. The first-order valence-corrected chi connectivity index (χ1v) is 12.6. The molecular weight excluding hydrogens is 464 g/mol. The third kappa shape index (κ3) is 5.63. The molecular formula is C24H25ClN2O5S. The van der Waals surface area contributed by atoms with Gasteiger partial charge in [-0.3, -0.25) is 0 Å². The number of sulfonamides is 1. The van der Waals surface area contributed by atoms with Crippen LogP contribution in [0.15, 0.2) is 64.0 Å². The summed E-state index contributed by atoms with van der Waals surface area (Å²) in [5, 5.41) is 3.84. The summed E-state index contributed by atoms with van der Waals surface area (Å²) in [6, 6.07) is 16.0. The van der Waals surface area contributed by atoms with Gasteiger partial charge in [0.05, 0.1) is 10.6 Å². The summed E-state index contributed by atoms with van der Waals surface area (Å²) in [6.07, 6.45) is 2.47. The molecule has 2 heterocycles. The lowest BCUT2D eigenvalue weighted by Gasteiger charge is -2.31. The molecule has 1 aromatic heterocycles. The molecule has 0 amide bonds. The van der Waals surface area contributed by atoms with Crippen molar-refractivity contribution in [2.75, 3.05) is 13.1 Å². The topological polar surface area (TPSA) is 89.7 Å². The quantitative estimate of drug-likeness (QED) is 0.450. The largest absolute Gasteiger partial charge is 0.455 e. The van der Waals surface area contributed by atoms with Gasteiger partial charge in [0, 0.05) is 19.2 Å². The molecule has 1 fully saturated rings. The smallest absolute Gasteiger partial charge is 0.338 e. The highest BCUT2D eigenvalue weighted by atomic mass is 35.5. The number of nitrogens with zero attached hydrogens (tertiary/aromatic N) is 2. The number of halogens is 1. The Morgan fingerprint density at radius 1 is 1.15 bits per heavy atom. The van der Waals surface area contributed by atoms with Gasteiger partial charge in [-0.1, -0.05) is 47.1 Å². The molecule has 0 aliphatic carbocycles. The van der Waals surface area contributed by atoms with E-state index in [0.29, 0.717) is 30.5 Å². The fourth-order valence-electron chi connectivity index (χ4n) is 3.98. The Kier molecular flexibility index (Phi) is 7.17. The third-order valence-corrected chi connectivity index (χ3v) is 8.13. The van der Waals surface area contributed by atoms with Crippen LogP contribution in [0, 0.1) is 12.8 Å². The van der Waals surface area contributed by atoms with Gasteiger partial charge in [-0.2, -0.15) is 4.31 Å². The third-order valence-electron chi connectivity index (χ3n) is 5.75. The second-order valence-electron chi connectivity index (χ2n) is 8.19.